The Labute approximate surface area is 239 Å². The minimum atomic E-state index is -1.07. The summed E-state index contributed by atoms with van der Waals surface area (Å²) >= 11 is 0. The summed E-state index contributed by atoms with van der Waals surface area (Å²) in [5.41, 5.74) is 10.2. The third kappa shape index (κ3) is 5.94. The number of nitrogens with two attached hydrogens (primary N) is 1. The van der Waals surface area contributed by atoms with Gasteiger partial charge < -0.3 is 30.4 Å². The Bertz CT molecular complexity index is 1770. The molecule has 42 heavy (non-hydrogen) atoms. The van der Waals surface area contributed by atoms with Gasteiger partial charge >= 0.3 is 6.09 Å². The van der Waals surface area contributed by atoms with E-state index in [2.05, 4.69) is 25.3 Å². The standard InChI is InChI=1S/C29H27FN8O4/c1-37(29(40)41)12-13-42-23-4-3-11-32-21(23)15-33-28(39)26-27(31)36-24(17-5-8-19(30)9-6-17)25(35-26)18-7-10-20-22(14-18)38(2)16-34-20/h3-11,14,16H,12-13,15H2,1-2H3,(H2,31,36)(H,33,39)(H,40,41). The lowest BCUT2D eigenvalue weighted by Crippen LogP contribution is -2.29. The number of benzene rings is 2. The number of likely N-dealkylation sites (N-methyl/N-ethyl adjacent to an activating group) is 1. The van der Waals surface area contributed by atoms with E-state index < -0.39 is 17.8 Å². The lowest BCUT2D eigenvalue weighted by Gasteiger charge is -2.16. The molecule has 0 atom stereocenters. The Kier molecular flexibility index (Phi) is 7.91. The number of nitrogens with zero attached hydrogens (tertiary/aromatic N) is 6. The molecule has 0 aliphatic heterocycles. The molecule has 214 valence electrons. The van der Waals surface area contributed by atoms with Gasteiger partial charge in [0.1, 0.15) is 23.9 Å². The van der Waals surface area contributed by atoms with Crippen LogP contribution in [0, 0.1) is 5.82 Å². The van der Waals surface area contributed by atoms with Crippen molar-refractivity contribution in [3.8, 4) is 28.3 Å². The predicted octanol–water partition coefficient (Wildman–Crippen LogP) is 3.73. The summed E-state index contributed by atoms with van der Waals surface area (Å²) in [6.45, 7) is 0.236. The van der Waals surface area contributed by atoms with E-state index in [-0.39, 0.29) is 31.2 Å². The molecule has 0 saturated heterocycles. The van der Waals surface area contributed by atoms with Crippen LogP contribution in [0.3, 0.4) is 0 Å². The Hall–Kier alpha value is -5.59. The second kappa shape index (κ2) is 11.9. The number of pyridine rings is 1. The Morgan fingerprint density at radius 1 is 1.07 bits per heavy atom. The molecule has 2 aromatic carbocycles. The Balaban J connectivity index is 1.44. The molecule has 0 saturated carbocycles. The number of carbonyl (C=O) groups excluding carboxylic acids is 1. The van der Waals surface area contributed by atoms with E-state index in [9.17, 15) is 14.0 Å². The van der Waals surface area contributed by atoms with Crippen LogP contribution in [0.5, 0.6) is 5.75 Å². The molecule has 13 heteroatoms. The molecule has 0 aliphatic rings. The summed E-state index contributed by atoms with van der Waals surface area (Å²) in [7, 11) is 3.31. The molecular formula is C29H27FN8O4. The van der Waals surface area contributed by atoms with Gasteiger partial charge in [-0.3, -0.25) is 9.78 Å². The fourth-order valence-corrected chi connectivity index (χ4v) is 4.22. The van der Waals surface area contributed by atoms with Crippen LogP contribution < -0.4 is 15.8 Å². The van der Waals surface area contributed by atoms with Crippen molar-refractivity contribution in [2.24, 2.45) is 7.05 Å². The number of anilines is 1. The van der Waals surface area contributed by atoms with Crippen LogP contribution in [-0.2, 0) is 13.6 Å². The topological polar surface area (TPSA) is 161 Å². The van der Waals surface area contributed by atoms with E-state index in [1.54, 1.807) is 36.8 Å². The first kappa shape index (κ1) is 28.0. The average Bonchev–Trinajstić information content (AvgIpc) is 3.36. The highest BCUT2D eigenvalue weighted by molar-refractivity contribution is 5.98. The van der Waals surface area contributed by atoms with Gasteiger partial charge in [-0.1, -0.05) is 6.07 Å². The van der Waals surface area contributed by atoms with Gasteiger partial charge in [0.05, 0.1) is 41.8 Å². The monoisotopic (exact) mass is 570 g/mol. The fraction of sp³-hybridized carbons (Fsp3) is 0.172. The van der Waals surface area contributed by atoms with Crippen molar-refractivity contribution >= 4 is 28.9 Å². The zero-order valence-corrected chi connectivity index (χ0v) is 22.8. The molecule has 5 aromatic rings. The summed E-state index contributed by atoms with van der Waals surface area (Å²) in [6.07, 6.45) is 2.18. The number of hydrogen-bond donors (Lipinski definition) is 3. The van der Waals surface area contributed by atoms with Crippen LogP contribution in [0.15, 0.2) is 67.1 Å². The molecule has 0 spiro atoms. The molecule has 0 radical (unpaired) electrons. The number of nitrogens with one attached hydrogen (secondary N) is 1. The normalized spacial score (nSPS) is 10.9. The zero-order chi connectivity index (χ0) is 29.8. The minimum absolute atomic E-state index is 0.0130. The van der Waals surface area contributed by atoms with Gasteiger partial charge in [0.15, 0.2) is 11.5 Å². The molecule has 0 bridgehead atoms. The van der Waals surface area contributed by atoms with Crippen LogP contribution in [0.2, 0.25) is 0 Å². The number of carbonyl (C=O) groups is 2. The molecule has 5 rings (SSSR count). The number of ether oxygens (including phenoxy) is 1. The highest BCUT2D eigenvalue weighted by atomic mass is 19.1. The number of hydrogen-bond acceptors (Lipinski definition) is 8. The van der Waals surface area contributed by atoms with Crippen molar-refractivity contribution in [1.29, 1.82) is 0 Å². The van der Waals surface area contributed by atoms with Crippen molar-refractivity contribution in [3.05, 3.63) is 84.3 Å². The number of imidazole rings is 1. The first-order valence-corrected chi connectivity index (χ1v) is 12.8. The number of aromatic nitrogens is 5. The summed E-state index contributed by atoms with van der Waals surface area (Å²) in [6, 6.07) is 14.7. The smallest absolute Gasteiger partial charge is 0.407 e. The largest absolute Gasteiger partial charge is 0.490 e. The fourth-order valence-electron chi connectivity index (χ4n) is 4.22. The van der Waals surface area contributed by atoms with E-state index in [1.165, 1.54) is 19.2 Å². The molecule has 3 aromatic heterocycles. The van der Waals surface area contributed by atoms with Crippen LogP contribution in [0.25, 0.3) is 33.5 Å². The van der Waals surface area contributed by atoms with Crippen LogP contribution in [-0.4, -0.2) is 66.7 Å². The highest BCUT2D eigenvalue weighted by Crippen LogP contribution is 2.32. The highest BCUT2D eigenvalue weighted by Gasteiger charge is 2.21. The molecule has 12 nitrogen and oxygen atoms in total. The van der Waals surface area contributed by atoms with Crippen LogP contribution in [0.4, 0.5) is 15.0 Å². The van der Waals surface area contributed by atoms with Gasteiger partial charge in [-0.05, 0) is 48.5 Å². The predicted molar refractivity (Wildman–Crippen MR) is 153 cm³/mol. The maximum Gasteiger partial charge on any atom is 0.407 e. The molecule has 0 aliphatic carbocycles. The Morgan fingerprint density at radius 3 is 2.57 bits per heavy atom. The van der Waals surface area contributed by atoms with Gasteiger partial charge in [0.25, 0.3) is 5.91 Å². The summed E-state index contributed by atoms with van der Waals surface area (Å²) in [5.74, 6) is -0.699. The third-order valence-corrected chi connectivity index (χ3v) is 6.53. The summed E-state index contributed by atoms with van der Waals surface area (Å²) in [5, 5.41) is 11.8. The van der Waals surface area contributed by atoms with Gasteiger partial charge in [-0.25, -0.2) is 24.1 Å². The summed E-state index contributed by atoms with van der Waals surface area (Å²) < 4.78 is 21.2. The number of fused-ring (bicyclic) bond motifs is 1. The Morgan fingerprint density at radius 2 is 1.81 bits per heavy atom. The number of nitrogen functional groups attached to an aromatic ring is 1. The number of halogens is 1. The zero-order valence-electron chi connectivity index (χ0n) is 22.8. The lowest BCUT2D eigenvalue weighted by atomic mass is 10.0. The van der Waals surface area contributed by atoms with Gasteiger partial charge in [0, 0.05) is 31.4 Å². The first-order chi connectivity index (χ1) is 20.2. The van der Waals surface area contributed by atoms with E-state index in [0.717, 1.165) is 15.9 Å². The van der Waals surface area contributed by atoms with E-state index in [0.29, 0.717) is 34.0 Å². The quantitative estimate of drug-likeness (QED) is 0.240. The molecule has 0 unspecified atom stereocenters. The van der Waals surface area contributed by atoms with Crippen molar-refractivity contribution in [2.45, 2.75) is 6.54 Å². The lowest BCUT2D eigenvalue weighted by molar-refractivity contribution is 0.0945. The maximum absolute atomic E-state index is 13.7. The first-order valence-electron chi connectivity index (χ1n) is 12.8. The average molecular weight is 571 g/mol. The van der Waals surface area contributed by atoms with Gasteiger partial charge in [-0.15, -0.1) is 0 Å². The van der Waals surface area contributed by atoms with E-state index >= 15 is 0 Å². The second-order valence-corrected chi connectivity index (χ2v) is 9.40. The molecular weight excluding hydrogens is 543 g/mol. The minimum Gasteiger partial charge on any atom is -0.490 e. The second-order valence-electron chi connectivity index (χ2n) is 9.40. The van der Waals surface area contributed by atoms with Gasteiger partial charge in [0.2, 0.25) is 0 Å². The SMILES string of the molecule is CN(CCOc1cccnc1CNC(=O)c1nc(-c2ccc3ncn(C)c3c2)c(-c2ccc(F)cc2)nc1N)C(=O)O. The number of amides is 2. The maximum atomic E-state index is 13.7. The van der Waals surface area contributed by atoms with Crippen molar-refractivity contribution in [2.75, 3.05) is 25.9 Å². The van der Waals surface area contributed by atoms with E-state index in [4.69, 9.17) is 15.6 Å². The van der Waals surface area contributed by atoms with Gasteiger partial charge in [-0.2, -0.15) is 0 Å². The van der Waals surface area contributed by atoms with Crippen LogP contribution >= 0.6 is 0 Å². The van der Waals surface area contributed by atoms with Crippen LogP contribution in [0.1, 0.15) is 16.2 Å². The summed E-state index contributed by atoms with van der Waals surface area (Å²) in [4.78, 5) is 43.2. The van der Waals surface area contributed by atoms with Crippen molar-refractivity contribution in [3.63, 3.8) is 0 Å². The molecule has 4 N–H and O–H groups in total. The number of carboxylic acid groups (broad SMARTS) is 1. The number of aryl methyl sites for hydroxylation is 1. The third-order valence-electron chi connectivity index (χ3n) is 6.53. The van der Waals surface area contributed by atoms with Crippen molar-refractivity contribution in [1.82, 2.24) is 34.7 Å². The molecule has 0 fully saturated rings. The number of rotatable bonds is 9. The molecule has 2 amide bonds. The molecule has 3 heterocycles. The van der Waals surface area contributed by atoms with E-state index in [1.807, 2.05) is 29.8 Å². The van der Waals surface area contributed by atoms with Crippen molar-refractivity contribution < 1.29 is 23.8 Å².